The van der Waals surface area contributed by atoms with Crippen molar-refractivity contribution in [2.75, 3.05) is 0 Å². The molecule has 2 unspecified atom stereocenters. The fourth-order valence-corrected chi connectivity index (χ4v) is 0.928. The second-order valence-corrected chi connectivity index (χ2v) is 2.42. The lowest BCUT2D eigenvalue weighted by Gasteiger charge is -2.20. The van der Waals surface area contributed by atoms with Gasteiger partial charge < -0.3 is 25.2 Å². The first-order chi connectivity index (χ1) is 5.88. The second kappa shape index (κ2) is 2.63. The number of hydrogen-bond donors (Lipinski definition) is 4. The third-order valence-electron chi connectivity index (χ3n) is 1.56. The highest BCUT2D eigenvalue weighted by Gasteiger charge is 2.55. The highest BCUT2D eigenvalue weighted by atomic mass is 16.7. The lowest BCUT2D eigenvalue weighted by atomic mass is 10.0. The van der Waals surface area contributed by atoms with Crippen molar-refractivity contribution in [2.45, 2.75) is 5.79 Å². The van der Waals surface area contributed by atoms with Gasteiger partial charge in [-0.05, 0) is 0 Å². The Labute approximate surface area is 71.5 Å². The Morgan fingerprint density at radius 3 is 2.31 bits per heavy atom. The molecular formula is C6H6O7. The van der Waals surface area contributed by atoms with Crippen LogP contribution in [0.3, 0.4) is 0 Å². The molecule has 0 fully saturated rings. The van der Waals surface area contributed by atoms with Gasteiger partial charge in [0.15, 0.2) is 5.92 Å². The van der Waals surface area contributed by atoms with Crippen molar-refractivity contribution in [3.05, 3.63) is 12.0 Å². The highest BCUT2D eigenvalue weighted by molar-refractivity contribution is 5.86. The van der Waals surface area contributed by atoms with Gasteiger partial charge in [0.05, 0.1) is 0 Å². The summed E-state index contributed by atoms with van der Waals surface area (Å²) in [4.78, 5) is 20.8. The van der Waals surface area contributed by atoms with Crippen molar-refractivity contribution >= 4 is 11.9 Å². The van der Waals surface area contributed by atoms with E-state index in [9.17, 15) is 9.59 Å². The highest BCUT2D eigenvalue weighted by Crippen LogP contribution is 2.31. The smallest absolute Gasteiger partial charge is 0.378 e. The quantitative estimate of drug-likeness (QED) is 0.435. The van der Waals surface area contributed by atoms with Crippen LogP contribution in [0.4, 0.5) is 0 Å². The third-order valence-corrected chi connectivity index (χ3v) is 1.56. The summed E-state index contributed by atoms with van der Waals surface area (Å²) in [5, 5.41) is 34.7. The SMILES string of the molecule is O=C(O)C1C=C(O)OC1(O)C(=O)O. The summed E-state index contributed by atoms with van der Waals surface area (Å²) in [5.74, 6) is -9.13. The van der Waals surface area contributed by atoms with Crippen LogP contribution in [-0.2, 0) is 14.3 Å². The molecule has 0 saturated carbocycles. The molecule has 72 valence electrons. The van der Waals surface area contributed by atoms with Gasteiger partial charge >= 0.3 is 17.7 Å². The van der Waals surface area contributed by atoms with E-state index >= 15 is 0 Å². The van der Waals surface area contributed by atoms with E-state index in [4.69, 9.17) is 20.4 Å². The maximum absolute atomic E-state index is 10.4. The maximum Gasteiger partial charge on any atom is 0.378 e. The molecule has 0 aromatic heterocycles. The minimum Gasteiger partial charge on any atom is -0.481 e. The number of ether oxygens (including phenoxy) is 1. The van der Waals surface area contributed by atoms with Crippen molar-refractivity contribution in [2.24, 2.45) is 5.92 Å². The van der Waals surface area contributed by atoms with Gasteiger partial charge in [-0.3, -0.25) is 4.79 Å². The number of aliphatic hydroxyl groups is 2. The molecular weight excluding hydrogens is 184 g/mol. The number of rotatable bonds is 2. The van der Waals surface area contributed by atoms with E-state index in [0.29, 0.717) is 6.08 Å². The fraction of sp³-hybridized carbons (Fsp3) is 0.333. The first-order valence-electron chi connectivity index (χ1n) is 3.16. The number of carboxylic acids is 2. The van der Waals surface area contributed by atoms with Crippen molar-refractivity contribution in [1.82, 2.24) is 0 Å². The first kappa shape index (κ1) is 9.33. The van der Waals surface area contributed by atoms with Gasteiger partial charge in [-0.15, -0.1) is 0 Å². The van der Waals surface area contributed by atoms with E-state index in [0.717, 1.165) is 0 Å². The van der Waals surface area contributed by atoms with E-state index < -0.39 is 29.6 Å². The van der Waals surface area contributed by atoms with Gasteiger partial charge in [-0.2, -0.15) is 0 Å². The average Bonchev–Trinajstić information content (AvgIpc) is 2.27. The number of aliphatic carboxylic acids is 2. The first-order valence-corrected chi connectivity index (χ1v) is 3.16. The van der Waals surface area contributed by atoms with Crippen LogP contribution in [0.25, 0.3) is 0 Å². The summed E-state index contributed by atoms with van der Waals surface area (Å²) < 4.78 is 4.08. The van der Waals surface area contributed by atoms with Gasteiger partial charge in [0.1, 0.15) is 0 Å². The zero-order valence-corrected chi connectivity index (χ0v) is 6.17. The van der Waals surface area contributed by atoms with Gasteiger partial charge in [-0.25, -0.2) is 4.79 Å². The Morgan fingerprint density at radius 1 is 1.46 bits per heavy atom. The van der Waals surface area contributed by atoms with Gasteiger partial charge in [0, 0.05) is 6.08 Å². The van der Waals surface area contributed by atoms with E-state index in [2.05, 4.69) is 4.74 Å². The number of carboxylic acid groups (broad SMARTS) is 2. The molecule has 0 radical (unpaired) electrons. The molecule has 4 N–H and O–H groups in total. The molecule has 0 saturated heterocycles. The number of aliphatic hydroxyl groups excluding tert-OH is 1. The van der Waals surface area contributed by atoms with Crippen LogP contribution < -0.4 is 0 Å². The summed E-state index contributed by atoms with van der Waals surface area (Å²) in [6.07, 6.45) is 0.608. The Morgan fingerprint density at radius 2 is 2.00 bits per heavy atom. The molecule has 0 aromatic carbocycles. The third kappa shape index (κ3) is 1.29. The van der Waals surface area contributed by atoms with Crippen LogP contribution in [0.15, 0.2) is 12.0 Å². The Kier molecular flexibility index (Phi) is 1.89. The van der Waals surface area contributed by atoms with Crippen LogP contribution >= 0.6 is 0 Å². The van der Waals surface area contributed by atoms with Crippen molar-refractivity contribution in [3.8, 4) is 0 Å². The molecule has 1 aliphatic rings. The normalized spacial score (nSPS) is 32.1. The predicted octanol–water partition coefficient (Wildman–Crippen LogP) is -1.11. The van der Waals surface area contributed by atoms with Crippen molar-refractivity contribution in [1.29, 1.82) is 0 Å². The van der Waals surface area contributed by atoms with Crippen LogP contribution in [-0.4, -0.2) is 38.2 Å². The molecule has 7 nitrogen and oxygen atoms in total. The second-order valence-electron chi connectivity index (χ2n) is 2.42. The molecule has 13 heavy (non-hydrogen) atoms. The molecule has 7 heteroatoms. The Balaban J connectivity index is 3.03. The van der Waals surface area contributed by atoms with Gasteiger partial charge in [0.25, 0.3) is 5.95 Å². The monoisotopic (exact) mass is 190 g/mol. The summed E-state index contributed by atoms with van der Waals surface area (Å²) in [5.41, 5.74) is 0. The van der Waals surface area contributed by atoms with Crippen molar-refractivity contribution < 1.29 is 34.8 Å². The lowest BCUT2D eigenvalue weighted by Crippen LogP contribution is -2.47. The molecule has 0 aromatic rings. The summed E-state index contributed by atoms with van der Waals surface area (Å²) in [6.45, 7) is 0. The fourth-order valence-electron chi connectivity index (χ4n) is 0.928. The van der Waals surface area contributed by atoms with E-state index in [1.807, 2.05) is 0 Å². The molecule has 1 aliphatic heterocycles. The van der Waals surface area contributed by atoms with Crippen LogP contribution in [0.5, 0.6) is 0 Å². The molecule has 1 heterocycles. The predicted molar refractivity (Wildman–Crippen MR) is 35.5 cm³/mol. The molecule has 0 aliphatic carbocycles. The molecule has 1 rings (SSSR count). The average molecular weight is 190 g/mol. The van der Waals surface area contributed by atoms with Crippen LogP contribution in [0.2, 0.25) is 0 Å². The van der Waals surface area contributed by atoms with E-state index in [1.54, 1.807) is 0 Å². The Bertz CT molecular complexity index is 293. The van der Waals surface area contributed by atoms with Crippen LogP contribution in [0.1, 0.15) is 0 Å². The molecule has 2 atom stereocenters. The van der Waals surface area contributed by atoms with Crippen LogP contribution in [0, 0.1) is 5.92 Å². The minimum atomic E-state index is -2.92. The van der Waals surface area contributed by atoms with Gasteiger partial charge in [-0.1, -0.05) is 0 Å². The molecule has 0 amide bonds. The number of carbonyl (C=O) groups is 2. The summed E-state index contributed by atoms with van der Waals surface area (Å²) >= 11 is 0. The standard InChI is InChI=1S/C6H6O7/c7-3-1-2(4(8)9)6(12,13-3)5(10)11/h1-2,7,12H,(H,8,9)(H,10,11). The molecule has 0 bridgehead atoms. The summed E-state index contributed by atoms with van der Waals surface area (Å²) in [6, 6.07) is 0. The van der Waals surface area contributed by atoms with Gasteiger partial charge in [0.2, 0.25) is 0 Å². The summed E-state index contributed by atoms with van der Waals surface area (Å²) in [7, 11) is 0. The lowest BCUT2D eigenvalue weighted by molar-refractivity contribution is -0.226. The zero-order valence-electron chi connectivity index (χ0n) is 6.17. The minimum absolute atomic E-state index is 0.608. The topological polar surface area (TPSA) is 124 Å². The maximum atomic E-state index is 10.4. The van der Waals surface area contributed by atoms with E-state index in [-0.39, 0.29) is 0 Å². The van der Waals surface area contributed by atoms with E-state index in [1.165, 1.54) is 0 Å². The zero-order chi connectivity index (χ0) is 10.2. The molecule has 0 spiro atoms. The number of hydrogen-bond acceptors (Lipinski definition) is 5. The Hall–Kier alpha value is -1.76. The van der Waals surface area contributed by atoms with Crippen molar-refractivity contribution in [3.63, 3.8) is 0 Å². The largest absolute Gasteiger partial charge is 0.481 e.